The number of non-ortho nitro benzene ring substituents is 1. The monoisotopic (exact) mass is 325 g/mol. The van der Waals surface area contributed by atoms with Crippen LogP contribution in [-0.4, -0.2) is 21.8 Å². The number of ether oxygens (including phenoxy) is 1. The molecule has 1 aromatic carbocycles. The van der Waals surface area contributed by atoms with E-state index in [1.54, 1.807) is 6.92 Å². The fourth-order valence-electron chi connectivity index (χ4n) is 1.65. The molecule has 1 aromatic rings. The van der Waals surface area contributed by atoms with Gasteiger partial charge in [0.1, 0.15) is 10.1 Å². The standard InChI is InChI=1S/C12H10N2O5S2/c1-2-19-8-5-7(14(17)18)3-6(10(8)15)4-9-11(16)13-12(20)21-9/h3-5,15H,2H2,1H3,(H,13,16,20)/p-1/b9-4+. The van der Waals surface area contributed by atoms with Crippen LogP contribution in [0.3, 0.4) is 0 Å². The molecule has 2 rings (SSSR count). The van der Waals surface area contributed by atoms with Crippen LogP contribution in [0.1, 0.15) is 12.5 Å². The number of thiocarbonyl (C=S) groups is 1. The highest BCUT2D eigenvalue weighted by Crippen LogP contribution is 2.36. The third-order valence-corrected chi connectivity index (χ3v) is 3.67. The van der Waals surface area contributed by atoms with Crippen molar-refractivity contribution in [3.63, 3.8) is 0 Å². The number of thioether (sulfide) groups is 1. The summed E-state index contributed by atoms with van der Waals surface area (Å²) in [6.45, 7) is 1.86. The third-order valence-electron chi connectivity index (χ3n) is 2.51. The highest BCUT2D eigenvalue weighted by Gasteiger charge is 2.22. The SMILES string of the molecule is CCOc1cc([N+](=O)[O-])cc(/C=C2/SC(=S)NC2=O)c1[O-]. The number of nitro groups is 1. The second-order valence-electron chi connectivity index (χ2n) is 3.90. The first kappa shape index (κ1) is 15.3. The number of rotatable bonds is 4. The fourth-order valence-corrected chi connectivity index (χ4v) is 2.68. The average molecular weight is 325 g/mol. The van der Waals surface area contributed by atoms with Crippen LogP contribution in [0, 0.1) is 10.1 Å². The van der Waals surface area contributed by atoms with Crippen LogP contribution in [0.25, 0.3) is 6.08 Å². The number of carbonyl (C=O) groups is 1. The molecule has 1 heterocycles. The van der Waals surface area contributed by atoms with Gasteiger partial charge >= 0.3 is 0 Å². The van der Waals surface area contributed by atoms with Crippen molar-refractivity contribution in [2.24, 2.45) is 0 Å². The van der Waals surface area contributed by atoms with Gasteiger partial charge in [0.15, 0.2) is 0 Å². The topological polar surface area (TPSA) is 105 Å². The van der Waals surface area contributed by atoms with Crippen molar-refractivity contribution in [1.82, 2.24) is 5.32 Å². The molecule has 0 aliphatic carbocycles. The summed E-state index contributed by atoms with van der Waals surface area (Å²) in [5.41, 5.74) is -0.272. The molecule has 0 atom stereocenters. The van der Waals surface area contributed by atoms with Crippen molar-refractivity contribution in [1.29, 1.82) is 0 Å². The number of hydrogen-bond acceptors (Lipinski definition) is 7. The highest BCUT2D eigenvalue weighted by atomic mass is 32.2. The molecule has 0 radical (unpaired) electrons. The summed E-state index contributed by atoms with van der Waals surface area (Å²) in [6.07, 6.45) is 1.27. The average Bonchev–Trinajstić information content (AvgIpc) is 2.72. The Balaban J connectivity index is 2.52. The van der Waals surface area contributed by atoms with Crippen LogP contribution in [0.2, 0.25) is 0 Å². The molecule has 21 heavy (non-hydrogen) atoms. The molecule has 0 bridgehead atoms. The van der Waals surface area contributed by atoms with Gasteiger partial charge in [0.2, 0.25) is 0 Å². The van der Waals surface area contributed by atoms with E-state index >= 15 is 0 Å². The molecule has 9 heteroatoms. The molecule has 0 spiro atoms. The molecule has 0 aromatic heterocycles. The number of nitro benzene ring substituents is 1. The first-order valence-corrected chi connectivity index (χ1v) is 7.02. The highest BCUT2D eigenvalue weighted by molar-refractivity contribution is 8.26. The molecule has 1 aliphatic heterocycles. The molecule has 1 fully saturated rings. The predicted molar refractivity (Wildman–Crippen MR) is 80.0 cm³/mol. The Hall–Kier alpha value is -2.13. The lowest BCUT2D eigenvalue weighted by molar-refractivity contribution is -0.385. The van der Waals surface area contributed by atoms with Crippen molar-refractivity contribution >= 4 is 46.0 Å². The minimum absolute atomic E-state index is 0.00926. The molecule has 0 unspecified atom stereocenters. The van der Waals surface area contributed by atoms with Crippen LogP contribution in [0.5, 0.6) is 11.5 Å². The zero-order valence-corrected chi connectivity index (χ0v) is 12.4. The third kappa shape index (κ3) is 3.31. The minimum atomic E-state index is -0.629. The molecular weight excluding hydrogens is 316 g/mol. The Bertz CT molecular complexity index is 672. The fraction of sp³-hybridized carbons (Fsp3) is 0.167. The zero-order chi connectivity index (χ0) is 15.6. The van der Waals surface area contributed by atoms with Gasteiger partial charge in [-0.05, 0) is 18.6 Å². The number of hydrogen-bond donors (Lipinski definition) is 1. The van der Waals surface area contributed by atoms with Crippen molar-refractivity contribution in [3.8, 4) is 11.5 Å². The minimum Gasteiger partial charge on any atom is -0.870 e. The number of carbonyl (C=O) groups excluding carboxylic acids is 1. The Kier molecular flexibility index (Phi) is 4.43. The van der Waals surface area contributed by atoms with Crippen molar-refractivity contribution < 1.29 is 19.6 Å². The number of nitrogens with zero attached hydrogens (tertiary/aromatic N) is 1. The van der Waals surface area contributed by atoms with E-state index in [2.05, 4.69) is 5.32 Å². The number of amides is 1. The summed E-state index contributed by atoms with van der Waals surface area (Å²) in [4.78, 5) is 22.1. The van der Waals surface area contributed by atoms with E-state index in [1.165, 1.54) is 6.08 Å². The van der Waals surface area contributed by atoms with Gasteiger partial charge in [-0.3, -0.25) is 14.9 Å². The smallest absolute Gasteiger partial charge is 0.273 e. The molecule has 1 saturated heterocycles. The Morgan fingerprint density at radius 3 is 2.76 bits per heavy atom. The first-order valence-electron chi connectivity index (χ1n) is 5.79. The summed E-state index contributed by atoms with van der Waals surface area (Å²) >= 11 is 5.83. The van der Waals surface area contributed by atoms with Crippen LogP contribution < -0.4 is 15.2 Å². The van der Waals surface area contributed by atoms with E-state index in [0.29, 0.717) is 0 Å². The molecule has 1 N–H and O–H groups in total. The zero-order valence-electron chi connectivity index (χ0n) is 10.7. The number of benzene rings is 1. The molecule has 1 aliphatic rings. The normalized spacial score (nSPS) is 16.1. The molecule has 1 amide bonds. The summed E-state index contributed by atoms with van der Waals surface area (Å²) in [5.74, 6) is -1.07. The van der Waals surface area contributed by atoms with Crippen LogP contribution in [0.4, 0.5) is 5.69 Å². The lowest BCUT2D eigenvalue weighted by Crippen LogP contribution is -2.17. The van der Waals surface area contributed by atoms with Gasteiger partial charge in [-0.25, -0.2) is 0 Å². The predicted octanol–water partition coefficient (Wildman–Crippen LogP) is 1.56. The van der Waals surface area contributed by atoms with E-state index in [1.807, 2.05) is 0 Å². The summed E-state index contributed by atoms with van der Waals surface area (Å²) < 4.78 is 5.37. The van der Waals surface area contributed by atoms with E-state index in [4.69, 9.17) is 17.0 Å². The quantitative estimate of drug-likeness (QED) is 0.387. The van der Waals surface area contributed by atoms with Crippen molar-refractivity contribution in [3.05, 3.63) is 32.7 Å². The summed E-state index contributed by atoms with van der Waals surface area (Å²) in [5, 5.41) is 25.4. The van der Waals surface area contributed by atoms with Crippen LogP contribution in [-0.2, 0) is 4.79 Å². The maximum Gasteiger partial charge on any atom is 0.273 e. The van der Waals surface area contributed by atoms with Gasteiger partial charge in [0, 0.05) is 6.07 Å². The van der Waals surface area contributed by atoms with Crippen LogP contribution >= 0.6 is 24.0 Å². The lowest BCUT2D eigenvalue weighted by Gasteiger charge is -2.16. The van der Waals surface area contributed by atoms with Crippen molar-refractivity contribution in [2.75, 3.05) is 6.61 Å². The summed E-state index contributed by atoms with van der Waals surface area (Å²) in [6, 6.07) is 2.17. The molecule has 7 nitrogen and oxygen atoms in total. The second kappa shape index (κ2) is 6.10. The van der Waals surface area contributed by atoms with E-state index in [9.17, 15) is 20.0 Å². The second-order valence-corrected chi connectivity index (χ2v) is 5.62. The van der Waals surface area contributed by atoms with Gasteiger partial charge < -0.3 is 15.2 Å². The van der Waals surface area contributed by atoms with Gasteiger partial charge in [-0.15, -0.1) is 0 Å². The number of nitrogens with one attached hydrogen (secondary N) is 1. The molecule has 0 saturated carbocycles. The Morgan fingerprint density at radius 1 is 1.52 bits per heavy atom. The first-order chi connectivity index (χ1) is 9.92. The Labute approximate surface area is 129 Å². The maximum absolute atomic E-state index is 12.1. The van der Waals surface area contributed by atoms with Crippen molar-refractivity contribution in [2.45, 2.75) is 6.92 Å². The maximum atomic E-state index is 12.1. The largest absolute Gasteiger partial charge is 0.870 e. The lowest BCUT2D eigenvalue weighted by atomic mass is 10.1. The molecule has 110 valence electrons. The van der Waals surface area contributed by atoms with Gasteiger partial charge in [-0.2, -0.15) is 0 Å². The van der Waals surface area contributed by atoms with E-state index in [-0.39, 0.29) is 32.8 Å². The Morgan fingerprint density at radius 2 is 2.24 bits per heavy atom. The van der Waals surface area contributed by atoms with Crippen LogP contribution in [0.15, 0.2) is 17.0 Å². The van der Waals surface area contributed by atoms with E-state index < -0.39 is 16.6 Å². The van der Waals surface area contributed by atoms with Gasteiger partial charge in [-0.1, -0.05) is 29.7 Å². The van der Waals surface area contributed by atoms with E-state index in [0.717, 1.165) is 23.9 Å². The van der Waals surface area contributed by atoms with Gasteiger partial charge in [0.25, 0.3) is 11.6 Å². The van der Waals surface area contributed by atoms with Gasteiger partial charge in [0.05, 0.1) is 22.5 Å². The summed E-state index contributed by atoms with van der Waals surface area (Å²) in [7, 11) is 0. The molecular formula is C12H9N2O5S2-.